The highest BCUT2D eigenvalue weighted by atomic mass is 127. The van der Waals surface area contributed by atoms with Crippen LogP contribution in [0.4, 0.5) is 5.95 Å². The molecule has 0 radical (unpaired) electrons. The van der Waals surface area contributed by atoms with E-state index in [1.165, 1.54) is 0 Å². The van der Waals surface area contributed by atoms with E-state index in [1.54, 1.807) is 4.80 Å². The molecule has 1 amide bonds. The molecule has 9 nitrogen and oxygen atoms in total. The van der Waals surface area contributed by atoms with Gasteiger partial charge < -0.3 is 20.4 Å². The number of benzene rings is 4. The van der Waals surface area contributed by atoms with Crippen LogP contribution >= 0.6 is 22.6 Å². The van der Waals surface area contributed by atoms with Crippen molar-refractivity contribution < 1.29 is 9.53 Å². The fraction of sp³-hybridized carbons (Fsp3) is 0.200. The number of anilines is 1. The van der Waals surface area contributed by atoms with Crippen molar-refractivity contribution in [1.82, 2.24) is 30.5 Å². The molecule has 0 aliphatic rings. The van der Waals surface area contributed by atoms with Gasteiger partial charge in [0.1, 0.15) is 12.4 Å². The largest absolute Gasteiger partial charge is 0.489 e. The molecule has 6 aromatic rings. The van der Waals surface area contributed by atoms with Crippen LogP contribution in [0.15, 0.2) is 115 Å². The van der Waals surface area contributed by atoms with Crippen LogP contribution in [0.5, 0.6) is 5.75 Å². The fourth-order valence-corrected chi connectivity index (χ4v) is 5.82. The van der Waals surface area contributed by atoms with Crippen molar-refractivity contribution in [3.63, 3.8) is 0 Å². The molecule has 0 aliphatic heterocycles. The lowest BCUT2D eigenvalue weighted by atomic mass is 10.0. The predicted octanol–water partition coefficient (Wildman–Crippen LogP) is 5.97. The normalized spacial score (nSPS) is 12.5. The number of ether oxygens (including phenoxy) is 1. The van der Waals surface area contributed by atoms with Crippen molar-refractivity contribution in [2.24, 2.45) is 0 Å². The topological polar surface area (TPSA) is 110 Å². The quantitative estimate of drug-likeness (QED) is 0.0950. The Morgan fingerprint density at radius 1 is 0.844 bits per heavy atom. The van der Waals surface area contributed by atoms with E-state index < -0.39 is 0 Å². The second kappa shape index (κ2) is 14.8. The third-order valence-electron chi connectivity index (χ3n) is 7.48. The average molecular weight is 712 g/mol. The summed E-state index contributed by atoms with van der Waals surface area (Å²) in [6.45, 7) is 1.49. The number of hydrogen-bond donors (Lipinski definition) is 3. The average Bonchev–Trinajstić information content (AvgIpc) is 3.71. The molecule has 0 fully saturated rings. The number of para-hydroxylation sites is 1. The Labute approximate surface area is 275 Å². The molecule has 10 heteroatoms. The van der Waals surface area contributed by atoms with Gasteiger partial charge in [-0.15, -0.1) is 5.10 Å². The summed E-state index contributed by atoms with van der Waals surface area (Å²) in [6.07, 6.45) is 3.26. The molecule has 6 rings (SSSR count). The fourth-order valence-electron chi connectivity index (χ4n) is 5.14. The summed E-state index contributed by atoms with van der Waals surface area (Å²) in [5.41, 5.74) is 5.49. The van der Waals surface area contributed by atoms with Crippen molar-refractivity contribution in [1.29, 1.82) is 0 Å². The molecule has 0 bridgehead atoms. The van der Waals surface area contributed by atoms with Gasteiger partial charge in [0.05, 0.1) is 16.5 Å². The highest BCUT2D eigenvalue weighted by molar-refractivity contribution is 14.1. The minimum atomic E-state index is -0.256. The zero-order valence-electron chi connectivity index (χ0n) is 24.6. The van der Waals surface area contributed by atoms with E-state index in [1.807, 2.05) is 103 Å². The predicted molar refractivity (Wildman–Crippen MR) is 185 cm³/mol. The number of amides is 1. The first-order valence-electron chi connectivity index (χ1n) is 14.9. The highest BCUT2D eigenvalue weighted by Crippen LogP contribution is 2.21. The van der Waals surface area contributed by atoms with Crippen molar-refractivity contribution in [2.75, 3.05) is 11.9 Å². The highest BCUT2D eigenvalue weighted by Gasteiger charge is 2.21. The van der Waals surface area contributed by atoms with Crippen LogP contribution in [0.25, 0.3) is 10.9 Å². The number of fused-ring (bicyclic) bond motifs is 1. The lowest BCUT2D eigenvalue weighted by Gasteiger charge is -2.21. The smallest absolute Gasteiger partial charge is 0.263 e. The molecule has 0 aliphatic carbocycles. The lowest BCUT2D eigenvalue weighted by Crippen LogP contribution is -2.44. The summed E-state index contributed by atoms with van der Waals surface area (Å²) in [7, 11) is 0. The number of rotatable bonds is 14. The van der Waals surface area contributed by atoms with Crippen LogP contribution in [0, 0.1) is 0 Å². The standard InChI is InChI=1S/C35H34IN7O2/c36-32(19-25-15-17-30(18-16-25)45-24-27-11-5-2-6-12-27)34(44)39-29(20-28-21-37-33-14-8-7-13-31(28)33)22-38-35-40-42-43(41-35)23-26-9-3-1-4-10-26/h1-18,21,29,32,37H,19-20,22-24H2,(H,38,41)(H,39,44)/t29-,32-/m0/s1. The van der Waals surface area contributed by atoms with Gasteiger partial charge in [-0.3, -0.25) is 4.79 Å². The van der Waals surface area contributed by atoms with E-state index in [2.05, 4.69) is 65.8 Å². The molecule has 228 valence electrons. The molecule has 45 heavy (non-hydrogen) atoms. The number of carbonyl (C=O) groups excluding carboxylic acids is 1. The molecule has 0 saturated heterocycles. The van der Waals surface area contributed by atoms with E-state index in [4.69, 9.17) is 4.74 Å². The Hall–Kier alpha value is -4.71. The van der Waals surface area contributed by atoms with Crippen LogP contribution < -0.4 is 15.4 Å². The Bertz CT molecular complexity index is 1810. The number of aromatic nitrogens is 5. The number of tetrazole rings is 1. The maximum absolute atomic E-state index is 13.5. The molecule has 0 saturated carbocycles. The second-order valence-corrected chi connectivity index (χ2v) is 12.4. The zero-order chi connectivity index (χ0) is 30.8. The van der Waals surface area contributed by atoms with E-state index in [-0.39, 0.29) is 15.9 Å². The van der Waals surface area contributed by atoms with Gasteiger partial charge in [0.2, 0.25) is 5.91 Å². The Morgan fingerprint density at radius 2 is 1.56 bits per heavy atom. The van der Waals surface area contributed by atoms with Gasteiger partial charge in [-0.25, -0.2) is 0 Å². The SMILES string of the molecule is O=C(N[C@H](CNc1nnn(Cc2ccccc2)n1)Cc1c[nH]c2ccccc12)[C@@H](I)Cc1ccc(OCc2ccccc2)cc1. The maximum Gasteiger partial charge on any atom is 0.263 e. The minimum Gasteiger partial charge on any atom is -0.489 e. The summed E-state index contributed by atoms with van der Waals surface area (Å²) >= 11 is 2.23. The van der Waals surface area contributed by atoms with Gasteiger partial charge in [0.25, 0.3) is 5.95 Å². The molecule has 0 unspecified atom stereocenters. The van der Waals surface area contributed by atoms with Crippen LogP contribution in [0.2, 0.25) is 0 Å². The van der Waals surface area contributed by atoms with Gasteiger partial charge in [-0.1, -0.05) is 119 Å². The number of hydrogen-bond acceptors (Lipinski definition) is 6. The number of H-pyrrole nitrogens is 1. The first-order valence-corrected chi connectivity index (χ1v) is 16.1. The van der Waals surface area contributed by atoms with Crippen molar-refractivity contribution in [2.45, 2.75) is 36.0 Å². The molecular weight excluding hydrogens is 677 g/mol. The van der Waals surface area contributed by atoms with E-state index in [0.29, 0.717) is 38.5 Å². The number of aromatic amines is 1. The Kier molecular flexibility index (Phi) is 10.0. The summed E-state index contributed by atoms with van der Waals surface area (Å²) in [6, 6.07) is 36.0. The van der Waals surface area contributed by atoms with Crippen LogP contribution in [0.3, 0.4) is 0 Å². The first kappa shape index (κ1) is 30.3. The van der Waals surface area contributed by atoms with E-state index >= 15 is 0 Å². The van der Waals surface area contributed by atoms with Crippen molar-refractivity contribution in [3.05, 3.63) is 138 Å². The molecule has 0 spiro atoms. The molecule has 2 atom stereocenters. The van der Waals surface area contributed by atoms with Crippen LogP contribution in [-0.2, 0) is 30.8 Å². The Morgan fingerprint density at radius 3 is 2.33 bits per heavy atom. The number of carbonyl (C=O) groups is 1. The van der Waals surface area contributed by atoms with E-state index in [9.17, 15) is 4.79 Å². The molecule has 3 N–H and O–H groups in total. The second-order valence-electron chi connectivity index (χ2n) is 10.9. The zero-order valence-corrected chi connectivity index (χ0v) is 26.8. The van der Waals surface area contributed by atoms with Gasteiger partial charge in [-0.2, -0.15) is 4.80 Å². The molecule has 4 aromatic carbocycles. The van der Waals surface area contributed by atoms with E-state index in [0.717, 1.165) is 38.9 Å². The summed E-state index contributed by atoms with van der Waals surface area (Å²) < 4.78 is 5.66. The van der Waals surface area contributed by atoms with Crippen LogP contribution in [-0.4, -0.2) is 47.6 Å². The van der Waals surface area contributed by atoms with Gasteiger partial charge in [0, 0.05) is 23.6 Å². The first-order chi connectivity index (χ1) is 22.1. The third kappa shape index (κ3) is 8.48. The summed E-state index contributed by atoms with van der Waals surface area (Å²) in [4.78, 5) is 18.4. The number of nitrogens with one attached hydrogen (secondary N) is 3. The lowest BCUT2D eigenvalue weighted by molar-refractivity contribution is -0.120. The third-order valence-corrected chi connectivity index (χ3v) is 8.49. The van der Waals surface area contributed by atoms with Crippen molar-refractivity contribution >= 4 is 45.3 Å². The number of nitrogens with zero attached hydrogens (tertiary/aromatic N) is 4. The summed E-state index contributed by atoms with van der Waals surface area (Å²) in [5.74, 6) is 1.20. The van der Waals surface area contributed by atoms with Crippen LogP contribution in [0.1, 0.15) is 22.3 Å². The molecular formula is C35H34IN7O2. The number of halogens is 1. The van der Waals surface area contributed by atoms with Gasteiger partial charge in [0.15, 0.2) is 0 Å². The minimum absolute atomic E-state index is 0.0210. The Balaban J connectivity index is 1.08. The summed E-state index contributed by atoms with van der Waals surface area (Å²) in [5, 5.41) is 20.6. The van der Waals surface area contributed by atoms with Gasteiger partial charge >= 0.3 is 0 Å². The number of alkyl halides is 1. The maximum atomic E-state index is 13.5. The van der Waals surface area contributed by atoms with Gasteiger partial charge in [-0.05, 0) is 58.5 Å². The monoisotopic (exact) mass is 711 g/mol. The molecule has 2 aromatic heterocycles. The molecule has 2 heterocycles. The van der Waals surface area contributed by atoms with Crippen molar-refractivity contribution in [3.8, 4) is 5.75 Å².